The number of aromatic hydroxyl groups is 1. The van der Waals surface area contributed by atoms with E-state index in [0.29, 0.717) is 5.56 Å². The van der Waals surface area contributed by atoms with Crippen LogP contribution < -0.4 is 11.1 Å². The molecule has 3 rings (SSSR count). The lowest BCUT2D eigenvalue weighted by Gasteiger charge is -2.43. The van der Waals surface area contributed by atoms with Gasteiger partial charge in [0.2, 0.25) is 11.8 Å². The molecule has 1 aromatic rings. The fraction of sp³-hybridized carbons (Fsp3) is 0.438. The summed E-state index contributed by atoms with van der Waals surface area (Å²) in [5.41, 5.74) is 6.41. The van der Waals surface area contributed by atoms with Crippen LogP contribution in [-0.2, 0) is 14.4 Å². The Morgan fingerprint density at radius 2 is 1.92 bits per heavy atom. The summed E-state index contributed by atoms with van der Waals surface area (Å²) in [6.07, 6.45) is 0. The average molecular weight is 365 g/mol. The lowest BCUT2D eigenvalue weighted by atomic mass is 9.95. The van der Waals surface area contributed by atoms with Gasteiger partial charge in [-0.15, -0.1) is 11.8 Å². The number of nitrogens with zero attached hydrogens (tertiary/aromatic N) is 1. The molecule has 2 heterocycles. The SMILES string of the molecule is CC1(C)SC2[C@H](NC(=O)[C@H](N)c3ccc(O)cc3)C(=O)N2[C@H]1C(=O)O. The minimum Gasteiger partial charge on any atom is -0.508 e. The summed E-state index contributed by atoms with van der Waals surface area (Å²) in [5.74, 6) is -1.94. The largest absolute Gasteiger partial charge is 0.508 e. The van der Waals surface area contributed by atoms with Crippen LogP contribution in [0.1, 0.15) is 25.5 Å². The van der Waals surface area contributed by atoms with E-state index in [1.165, 1.54) is 40.9 Å². The monoisotopic (exact) mass is 365 g/mol. The maximum atomic E-state index is 12.3. The third-order valence-electron chi connectivity index (χ3n) is 4.51. The Kier molecular flexibility index (Phi) is 4.16. The molecule has 0 bridgehead atoms. The van der Waals surface area contributed by atoms with E-state index in [1.807, 2.05) is 0 Å². The molecule has 2 fully saturated rings. The van der Waals surface area contributed by atoms with Crippen LogP contribution >= 0.6 is 11.8 Å². The number of nitrogens with two attached hydrogens (primary N) is 1. The van der Waals surface area contributed by atoms with Gasteiger partial charge in [-0.1, -0.05) is 12.1 Å². The number of benzene rings is 1. The van der Waals surface area contributed by atoms with Crippen molar-refractivity contribution in [2.45, 2.75) is 42.1 Å². The number of amides is 2. The van der Waals surface area contributed by atoms with Crippen LogP contribution in [-0.4, -0.2) is 55.1 Å². The van der Waals surface area contributed by atoms with Crippen LogP contribution in [0.5, 0.6) is 5.75 Å². The first-order valence-corrected chi connectivity index (χ1v) is 8.59. The van der Waals surface area contributed by atoms with Crippen LogP contribution in [0.25, 0.3) is 0 Å². The summed E-state index contributed by atoms with van der Waals surface area (Å²) in [6, 6.07) is 3.21. The molecule has 134 valence electrons. The Labute approximate surface area is 148 Å². The van der Waals surface area contributed by atoms with E-state index in [0.717, 1.165) is 0 Å². The molecule has 0 spiro atoms. The second-order valence-electron chi connectivity index (χ2n) is 6.65. The van der Waals surface area contributed by atoms with Crippen molar-refractivity contribution in [2.24, 2.45) is 5.73 Å². The molecule has 1 unspecified atom stereocenters. The molecule has 2 saturated heterocycles. The zero-order chi connectivity index (χ0) is 18.5. The predicted molar refractivity (Wildman–Crippen MR) is 90.7 cm³/mol. The summed E-state index contributed by atoms with van der Waals surface area (Å²) < 4.78 is -0.648. The number of thioether (sulfide) groups is 1. The molecule has 0 aliphatic carbocycles. The number of hydrogen-bond acceptors (Lipinski definition) is 6. The predicted octanol–water partition coefficient (Wildman–Crippen LogP) is 0.0237. The van der Waals surface area contributed by atoms with Gasteiger partial charge in [0, 0.05) is 4.75 Å². The maximum absolute atomic E-state index is 12.3. The molecule has 4 atom stereocenters. The van der Waals surface area contributed by atoms with Crippen molar-refractivity contribution in [1.82, 2.24) is 10.2 Å². The van der Waals surface area contributed by atoms with Gasteiger partial charge in [0.05, 0.1) is 0 Å². The highest BCUT2D eigenvalue weighted by atomic mass is 32.2. The number of fused-ring (bicyclic) bond motifs is 1. The van der Waals surface area contributed by atoms with Gasteiger partial charge in [-0.25, -0.2) is 4.79 Å². The summed E-state index contributed by atoms with van der Waals surface area (Å²) in [4.78, 5) is 37.5. The molecule has 5 N–H and O–H groups in total. The first-order valence-electron chi connectivity index (χ1n) is 7.71. The number of carbonyl (C=O) groups excluding carboxylic acids is 2. The lowest BCUT2D eigenvalue weighted by molar-refractivity contribution is -0.161. The quantitative estimate of drug-likeness (QED) is 0.553. The number of phenolic OH excluding ortho intramolecular Hbond substituents is 1. The first kappa shape index (κ1) is 17.6. The number of phenols is 1. The third kappa shape index (κ3) is 2.83. The van der Waals surface area contributed by atoms with Crippen LogP contribution in [0.3, 0.4) is 0 Å². The lowest BCUT2D eigenvalue weighted by Crippen LogP contribution is -2.71. The molecular weight excluding hydrogens is 346 g/mol. The Balaban J connectivity index is 1.70. The van der Waals surface area contributed by atoms with Gasteiger partial charge in [-0.3, -0.25) is 9.59 Å². The van der Waals surface area contributed by atoms with E-state index >= 15 is 0 Å². The van der Waals surface area contributed by atoms with Crippen molar-refractivity contribution in [3.05, 3.63) is 29.8 Å². The minimum absolute atomic E-state index is 0.0606. The fourth-order valence-electron chi connectivity index (χ4n) is 3.22. The molecule has 1 aromatic carbocycles. The highest BCUT2D eigenvalue weighted by Crippen LogP contribution is 2.50. The zero-order valence-electron chi connectivity index (χ0n) is 13.7. The number of carboxylic acid groups (broad SMARTS) is 1. The van der Waals surface area contributed by atoms with Crippen LogP contribution in [0.2, 0.25) is 0 Å². The summed E-state index contributed by atoms with van der Waals surface area (Å²) in [7, 11) is 0. The minimum atomic E-state index is -1.06. The number of carboxylic acids is 1. The standard InChI is InChI=1S/C16H19N3O5S/c1-16(2)11(15(23)24)19-13(22)10(14(19)25-16)18-12(21)9(17)7-3-5-8(20)6-4-7/h3-6,9-11,14,20H,17H2,1-2H3,(H,18,21)(H,23,24)/t9-,10-,11+,14?/m1/s1. The molecule has 2 aliphatic heterocycles. The highest BCUT2D eigenvalue weighted by molar-refractivity contribution is 8.01. The number of rotatable bonds is 4. The summed E-state index contributed by atoms with van der Waals surface area (Å²) in [5, 5.41) is 20.9. The van der Waals surface area contributed by atoms with E-state index in [4.69, 9.17) is 5.73 Å². The third-order valence-corrected chi connectivity index (χ3v) is 6.08. The van der Waals surface area contributed by atoms with E-state index in [-0.39, 0.29) is 5.75 Å². The van der Waals surface area contributed by atoms with Crippen LogP contribution in [0.4, 0.5) is 0 Å². The Bertz CT molecular complexity index is 736. The molecule has 0 saturated carbocycles. The summed E-state index contributed by atoms with van der Waals surface area (Å²) >= 11 is 1.35. The molecular formula is C16H19N3O5S. The number of carbonyl (C=O) groups is 3. The number of β-lactam (4-membered cyclic amide) rings is 1. The average Bonchev–Trinajstić information content (AvgIpc) is 2.80. The van der Waals surface area contributed by atoms with Crippen LogP contribution in [0.15, 0.2) is 24.3 Å². The zero-order valence-corrected chi connectivity index (χ0v) is 14.5. The van der Waals surface area contributed by atoms with E-state index < -0.39 is 46.0 Å². The van der Waals surface area contributed by atoms with Gasteiger partial charge in [-0.2, -0.15) is 0 Å². The highest BCUT2D eigenvalue weighted by Gasteiger charge is 2.64. The van der Waals surface area contributed by atoms with Crippen molar-refractivity contribution >= 4 is 29.5 Å². The molecule has 8 nitrogen and oxygen atoms in total. The van der Waals surface area contributed by atoms with E-state index in [1.54, 1.807) is 13.8 Å². The Morgan fingerprint density at radius 1 is 1.32 bits per heavy atom. The molecule has 25 heavy (non-hydrogen) atoms. The van der Waals surface area contributed by atoms with Crippen molar-refractivity contribution in [1.29, 1.82) is 0 Å². The first-order chi connectivity index (χ1) is 11.6. The van der Waals surface area contributed by atoms with Gasteiger partial charge in [0.25, 0.3) is 0 Å². The summed E-state index contributed by atoms with van der Waals surface area (Å²) in [6.45, 7) is 3.53. The molecule has 2 aliphatic rings. The maximum Gasteiger partial charge on any atom is 0.327 e. The van der Waals surface area contributed by atoms with Gasteiger partial charge < -0.3 is 26.2 Å². The van der Waals surface area contributed by atoms with Gasteiger partial charge >= 0.3 is 5.97 Å². The van der Waals surface area contributed by atoms with Crippen molar-refractivity contribution in [3.63, 3.8) is 0 Å². The van der Waals surface area contributed by atoms with E-state index in [9.17, 15) is 24.6 Å². The van der Waals surface area contributed by atoms with Gasteiger partial charge in [0.1, 0.15) is 29.2 Å². The number of nitrogens with one attached hydrogen (secondary N) is 1. The number of hydrogen-bond donors (Lipinski definition) is 4. The van der Waals surface area contributed by atoms with Crippen molar-refractivity contribution in [2.75, 3.05) is 0 Å². The second-order valence-corrected chi connectivity index (χ2v) is 8.42. The molecule has 0 radical (unpaired) electrons. The molecule has 2 amide bonds. The van der Waals surface area contributed by atoms with Crippen molar-refractivity contribution < 1.29 is 24.6 Å². The van der Waals surface area contributed by atoms with E-state index in [2.05, 4.69) is 5.32 Å². The Hall–Kier alpha value is -2.26. The number of aliphatic carboxylic acids is 1. The van der Waals surface area contributed by atoms with Gasteiger partial charge in [-0.05, 0) is 31.5 Å². The molecule has 0 aromatic heterocycles. The normalized spacial score (nSPS) is 28.0. The van der Waals surface area contributed by atoms with Crippen LogP contribution in [0, 0.1) is 0 Å². The van der Waals surface area contributed by atoms with Gasteiger partial charge in [0.15, 0.2) is 0 Å². The topological polar surface area (TPSA) is 133 Å². The second kappa shape index (κ2) is 5.92. The fourth-order valence-corrected chi connectivity index (χ4v) is 4.85. The Morgan fingerprint density at radius 3 is 2.48 bits per heavy atom. The smallest absolute Gasteiger partial charge is 0.327 e. The van der Waals surface area contributed by atoms with Crippen molar-refractivity contribution in [3.8, 4) is 5.75 Å². The molecule has 9 heteroatoms.